The lowest BCUT2D eigenvalue weighted by Crippen LogP contribution is -2.17. The molecule has 1 aromatic rings. The first-order chi connectivity index (χ1) is 7.63. The summed E-state index contributed by atoms with van der Waals surface area (Å²) in [5.41, 5.74) is 1.01. The van der Waals surface area contributed by atoms with Crippen molar-refractivity contribution in [2.45, 2.75) is 12.3 Å². The van der Waals surface area contributed by atoms with E-state index in [1.54, 1.807) is 6.07 Å². The van der Waals surface area contributed by atoms with Crippen molar-refractivity contribution < 1.29 is 14.3 Å². The molecule has 1 saturated carbocycles. The fourth-order valence-corrected chi connectivity index (χ4v) is 2.04. The minimum absolute atomic E-state index is 0.116. The molecule has 0 amide bonds. The van der Waals surface area contributed by atoms with Gasteiger partial charge in [0, 0.05) is 10.9 Å². The number of Topliss-reactive ketones (excluding diaryl/α,β-unsaturated/α-hetero) is 1. The number of carbonyl (C=O) groups is 2. The minimum atomic E-state index is -0.755. The number of methoxy groups -OCH3 is 1. The summed E-state index contributed by atoms with van der Waals surface area (Å²) in [6.45, 7) is 0. The highest BCUT2D eigenvalue weighted by Crippen LogP contribution is 2.48. The average molecular weight is 239 g/mol. The van der Waals surface area contributed by atoms with Gasteiger partial charge in [-0.1, -0.05) is 23.7 Å². The van der Waals surface area contributed by atoms with Crippen LogP contribution in [0, 0.1) is 5.92 Å². The predicted molar refractivity (Wildman–Crippen MR) is 59.3 cm³/mol. The van der Waals surface area contributed by atoms with E-state index in [2.05, 4.69) is 4.74 Å². The largest absolute Gasteiger partial charge is 0.463 e. The number of hydrogen-bond acceptors (Lipinski definition) is 3. The van der Waals surface area contributed by atoms with E-state index in [0.717, 1.165) is 5.56 Å². The molecule has 0 bridgehead atoms. The van der Waals surface area contributed by atoms with Gasteiger partial charge in [0.2, 0.25) is 5.78 Å². The topological polar surface area (TPSA) is 43.4 Å². The van der Waals surface area contributed by atoms with Crippen molar-refractivity contribution in [3.05, 3.63) is 34.9 Å². The molecule has 16 heavy (non-hydrogen) atoms. The van der Waals surface area contributed by atoms with E-state index in [9.17, 15) is 9.59 Å². The Kier molecular flexibility index (Phi) is 2.97. The van der Waals surface area contributed by atoms with Gasteiger partial charge in [-0.15, -0.1) is 0 Å². The molecule has 1 unspecified atom stereocenters. The normalized spacial score (nSPS) is 22.6. The third-order valence-electron chi connectivity index (χ3n) is 2.79. The Labute approximate surface area is 98.4 Å². The molecule has 0 N–H and O–H groups in total. The Morgan fingerprint density at radius 1 is 1.44 bits per heavy atom. The standard InChI is InChI=1S/C12H11ClO3/c1-16-12(15)11(14)10-6-9(10)7-3-2-4-8(13)5-7/h2-5,9-10H,6H2,1H3/t9-,10?/m0/s1. The number of benzene rings is 1. The smallest absolute Gasteiger partial charge is 0.374 e. The van der Waals surface area contributed by atoms with Crippen LogP contribution in [0.25, 0.3) is 0 Å². The zero-order valence-electron chi connectivity index (χ0n) is 8.77. The molecule has 0 heterocycles. The van der Waals surface area contributed by atoms with Crippen LogP contribution in [0.2, 0.25) is 5.02 Å². The Balaban J connectivity index is 2.07. The third-order valence-corrected chi connectivity index (χ3v) is 3.03. The summed E-state index contributed by atoms with van der Waals surface area (Å²) in [5.74, 6) is -1.31. The molecular formula is C12H11ClO3. The molecular weight excluding hydrogens is 228 g/mol. The average Bonchev–Trinajstić information content (AvgIpc) is 3.07. The van der Waals surface area contributed by atoms with Crippen LogP contribution < -0.4 is 0 Å². The van der Waals surface area contributed by atoms with Crippen molar-refractivity contribution in [2.24, 2.45) is 5.92 Å². The fraction of sp³-hybridized carbons (Fsp3) is 0.333. The van der Waals surface area contributed by atoms with Crippen LogP contribution in [-0.4, -0.2) is 18.9 Å². The lowest BCUT2D eigenvalue weighted by atomic mass is 10.1. The SMILES string of the molecule is COC(=O)C(=O)C1C[C@H]1c1cccc(Cl)c1. The number of esters is 1. The number of rotatable bonds is 3. The van der Waals surface area contributed by atoms with Crippen LogP contribution in [0.15, 0.2) is 24.3 Å². The second-order valence-electron chi connectivity index (χ2n) is 3.86. The maximum absolute atomic E-state index is 11.5. The Hall–Kier alpha value is -1.35. The molecule has 4 heteroatoms. The maximum Gasteiger partial charge on any atom is 0.374 e. The summed E-state index contributed by atoms with van der Waals surface area (Å²) in [6.07, 6.45) is 0.703. The van der Waals surface area contributed by atoms with Crippen molar-refractivity contribution in [3.63, 3.8) is 0 Å². The van der Waals surface area contributed by atoms with Crippen LogP contribution in [-0.2, 0) is 14.3 Å². The Morgan fingerprint density at radius 3 is 2.81 bits per heavy atom. The van der Waals surface area contributed by atoms with Gasteiger partial charge in [0.25, 0.3) is 0 Å². The molecule has 1 fully saturated rings. The number of carbonyl (C=O) groups excluding carboxylic acids is 2. The van der Waals surface area contributed by atoms with E-state index >= 15 is 0 Å². The number of ether oxygens (including phenoxy) is 1. The van der Waals surface area contributed by atoms with E-state index in [1.165, 1.54) is 7.11 Å². The molecule has 2 atom stereocenters. The summed E-state index contributed by atoms with van der Waals surface area (Å²) in [4.78, 5) is 22.5. The van der Waals surface area contributed by atoms with Crippen molar-refractivity contribution in [1.82, 2.24) is 0 Å². The number of ketones is 1. The predicted octanol–water partition coefficient (Wildman–Crippen LogP) is 2.19. The van der Waals surface area contributed by atoms with Gasteiger partial charge in [-0.05, 0) is 30.0 Å². The molecule has 0 aliphatic heterocycles. The molecule has 0 radical (unpaired) electrons. The van der Waals surface area contributed by atoms with Crippen LogP contribution >= 0.6 is 11.6 Å². The minimum Gasteiger partial charge on any atom is -0.463 e. The maximum atomic E-state index is 11.5. The van der Waals surface area contributed by atoms with Gasteiger partial charge in [0.1, 0.15) is 0 Å². The summed E-state index contributed by atoms with van der Waals surface area (Å²) < 4.78 is 4.41. The lowest BCUT2D eigenvalue weighted by Gasteiger charge is -2.00. The molecule has 0 spiro atoms. The highest BCUT2D eigenvalue weighted by atomic mass is 35.5. The molecule has 84 valence electrons. The van der Waals surface area contributed by atoms with E-state index in [0.29, 0.717) is 11.4 Å². The summed E-state index contributed by atoms with van der Waals surface area (Å²) in [6, 6.07) is 7.37. The van der Waals surface area contributed by atoms with Crippen molar-refractivity contribution in [2.75, 3.05) is 7.11 Å². The number of hydrogen-bond donors (Lipinski definition) is 0. The Morgan fingerprint density at radius 2 is 2.19 bits per heavy atom. The first-order valence-corrected chi connectivity index (χ1v) is 5.39. The van der Waals surface area contributed by atoms with E-state index < -0.39 is 11.8 Å². The summed E-state index contributed by atoms with van der Waals surface area (Å²) in [5, 5.41) is 0.647. The highest BCUT2D eigenvalue weighted by molar-refractivity contribution is 6.35. The van der Waals surface area contributed by atoms with Crippen molar-refractivity contribution in [1.29, 1.82) is 0 Å². The second kappa shape index (κ2) is 4.26. The molecule has 1 aliphatic rings. The van der Waals surface area contributed by atoms with Gasteiger partial charge in [-0.2, -0.15) is 0 Å². The zero-order valence-corrected chi connectivity index (χ0v) is 9.53. The Bertz CT molecular complexity index is 442. The van der Waals surface area contributed by atoms with Crippen LogP contribution in [0.5, 0.6) is 0 Å². The molecule has 2 rings (SSSR count). The molecule has 0 aromatic heterocycles. The van der Waals surface area contributed by atoms with Crippen molar-refractivity contribution in [3.8, 4) is 0 Å². The summed E-state index contributed by atoms with van der Waals surface area (Å²) >= 11 is 5.86. The van der Waals surface area contributed by atoms with Crippen LogP contribution in [0.4, 0.5) is 0 Å². The van der Waals surface area contributed by atoms with Gasteiger partial charge in [-0.3, -0.25) is 4.79 Å². The van der Waals surface area contributed by atoms with Crippen molar-refractivity contribution >= 4 is 23.4 Å². The molecule has 3 nitrogen and oxygen atoms in total. The number of halogens is 1. The van der Waals surface area contributed by atoms with Crippen LogP contribution in [0.3, 0.4) is 0 Å². The fourth-order valence-electron chi connectivity index (χ4n) is 1.84. The van der Waals surface area contributed by atoms with Gasteiger partial charge < -0.3 is 4.74 Å². The van der Waals surface area contributed by atoms with E-state index in [4.69, 9.17) is 11.6 Å². The highest BCUT2D eigenvalue weighted by Gasteiger charge is 2.46. The summed E-state index contributed by atoms with van der Waals surface area (Å²) in [7, 11) is 1.22. The van der Waals surface area contributed by atoms with E-state index in [1.807, 2.05) is 18.2 Å². The van der Waals surface area contributed by atoms with Gasteiger partial charge in [0.15, 0.2) is 0 Å². The molecule has 0 saturated heterocycles. The van der Waals surface area contributed by atoms with Gasteiger partial charge >= 0.3 is 5.97 Å². The van der Waals surface area contributed by atoms with Gasteiger partial charge in [0.05, 0.1) is 7.11 Å². The van der Waals surface area contributed by atoms with Gasteiger partial charge in [-0.25, -0.2) is 4.79 Å². The molecule has 1 aromatic carbocycles. The second-order valence-corrected chi connectivity index (χ2v) is 4.30. The first kappa shape index (κ1) is 11.1. The van der Waals surface area contributed by atoms with Crippen LogP contribution in [0.1, 0.15) is 17.9 Å². The van der Waals surface area contributed by atoms with E-state index in [-0.39, 0.29) is 11.8 Å². The monoisotopic (exact) mass is 238 g/mol. The first-order valence-electron chi connectivity index (χ1n) is 5.01. The lowest BCUT2D eigenvalue weighted by molar-refractivity contribution is -0.152. The quantitative estimate of drug-likeness (QED) is 0.599. The third kappa shape index (κ3) is 2.09. The molecule has 1 aliphatic carbocycles. The zero-order chi connectivity index (χ0) is 11.7.